The molecule has 1 amide bonds. The Kier molecular flexibility index (Phi) is 4.61. The van der Waals surface area contributed by atoms with E-state index in [4.69, 9.17) is 4.74 Å². The molecular weight excluding hydrogens is 334 g/mol. The molecule has 1 unspecified atom stereocenters. The molecule has 3 atom stereocenters. The van der Waals surface area contributed by atoms with Crippen LogP contribution < -0.4 is 10.9 Å². The lowest BCUT2D eigenvalue weighted by Gasteiger charge is -2.14. The number of carbonyl (C=O) groups is 1. The van der Waals surface area contributed by atoms with Crippen LogP contribution in [-0.4, -0.2) is 48.5 Å². The van der Waals surface area contributed by atoms with Crippen molar-refractivity contribution in [1.29, 1.82) is 0 Å². The van der Waals surface area contributed by atoms with Crippen LogP contribution >= 0.6 is 12.6 Å². The third-order valence-corrected chi connectivity index (χ3v) is 4.25. The van der Waals surface area contributed by atoms with Gasteiger partial charge in [-0.15, -0.1) is 0 Å². The van der Waals surface area contributed by atoms with Crippen molar-refractivity contribution in [1.82, 2.24) is 19.5 Å². The average Bonchev–Trinajstić information content (AvgIpc) is 3.10. The molecule has 1 fully saturated rings. The molecule has 3 rings (SSSR count). The van der Waals surface area contributed by atoms with Crippen LogP contribution in [0.15, 0.2) is 11.1 Å². The van der Waals surface area contributed by atoms with Gasteiger partial charge < -0.3 is 9.84 Å². The number of nitrogens with one attached hydrogen (secondary N) is 2. The minimum atomic E-state index is -0.646. The molecule has 24 heavy (non-hydrogen) atoms. The van der Waals surface area contributed by atoms with Gasteiger partial charge in [-0.3, -0.25) is 24.5 Å². The zero-order chi connectivity index (χ0) is 17.4. The minimum Gasteiger partial charge on any atom is -0.390 e. The van der Waals surface area contributed by atoms with E-state index in [0.29, 0.717) is 12.2 Å². The van der Waals surface area contributed by atoms with Gasteiger partial charge in [0.25, 0.3) is 5.56 Å². The Morgan fingerprint density at radius 1 is 1.62 bits per heavy atom. The predicted octanol–water partition coefficient (Wildman–Crippen LogP) is 0.292. The summed E-state index contributed by atoms with van der Waals surface area (Å²) in [7, 11) is 0. The number of fused-ring (bicyclic) bond motifs is 1. The van der Waals surface area contributed by atoms with E-state index in [-0.39, 0.29) is 28.9 Å². The zero-order valence-corrected chi connectivity index (χ0v) is 14.2. The summed E-state index contributed by atoms with van der Waals surface area (Å²) in [5, 5.41) is 12.5. The molecule has 3 N–H and O–H groups in total. The average molecular weight is 353 g/mol. The number of thiol groups is 1. The van der Waals surface area contributed by atoms with Crippen LogP contribution in [0.1, 0.15) is 26.5 Å². The van der Waals surface area contributed by atoms with Crippen molar-refractivity contribution < 1.29 is 14.6 Å². The third-order valence-electron chi connectivity index (χ3n) is 3.89. The van der Waals surface area contributed by atoms with Gasteiger partial charge in [-0.05, 0) is 0 Å². The van der Waals surface area contributed by atoms with Crippen LogP contribution in [0, 0.1) is 5.92 Å². The Morgan fingerprint density at radius 2 is 2.38 bits per heavy atom. The summed E-state index contributed by atoms with van der Waals surface area (Å²) in [5.74, 6) is -0.0718. The number of aliphatic hydroxyl groups excluding tert-OH is 1. The molecule has 0 spiro atoms. The first-order chi connectivity index (χ1) is 11.4. The normalized spacial score (nSPS) is 24.0. The number of imidazole rings is 1. The van der Waals surface area contributed by atoms with Gasteiger partial charge in [-0.1, -0.05) is 13.8 Å². The molecule has 0 bridgehead atoms. The van der Waals surface area contributed by atoms with Gasteiger partial charge in [0.05, 0.1) is 18.5 Å². The monoisotopic (exact) mass is 353 g/mol. The second kappa shape index (κ2) is 6.54. The van der Waals surface area contributed by atoms with E-state index in [9.17, 15) is 14.7 Å². The summed E-state index contributed by atoms with van der Waals surface area (Å²) in [6.45, 7) is 3.48. The van der Waals surface area contributed by atoms with Crippen LogP contribution in [0.2, 0.25) is 0 Å². The van der Waals surface area contributed by atoms with E-state index in [1.54, 1.807) is 18.4 Å². The van der Waals surface area contributed by atoms with Crippen molar-refractivity contribution in [3.05, 3.63) is 16.7 Å². The Balaban J connectivity index is 1.97. The second-order valence-electron chi connectivity index (χ2n) is 6.00. The topological polar surface area (TPSA) is 122 Å². The summed E-state index contributed by atoms with van der Waals surface area (Å²) >= 11 is 4.15. The molecule has 2 aromatic heterocycles. The number of aromatic nitrogens is 4. The molecule has 0 aromatic carbocycles. The zero-order valence-electron chi connectivity index (χ0n) is 13.3. The first-order valence-corrected chi connectivity index (χ1v) is 8.26. The summed E-state index contributed by atoms with van der Waals surface area (Å²) in [5.41, 5.74) is -0.0260. The fourth-order valence-corrected chi connectivity index (χ4v) is 2.84. The SMILES string of the molecule is CC(C)C(=O)Nc1nc2c(ncn2[C@H]2CC(O)[C@@H](CS)O2)c(=O)[nH]1. The van der Waals surface area contributed by atoms with Gasteiger partial charge in [0.15, 0.2) is 11.2 Å². The Morgan fingerprint density at radius 3 is 3.00 bits per heavy atom. The quantitative estimate of drug-likeness (QED) is 0.586. The highest BCUT2D eigenvalue weighted by molar-refractivity contribution is 7.80. The number of rotatable bonds is 4. The molecule has 130 valence electrons. The smallest absolute Gasteiger partial charge is 0.280 e. The summed E-state index contributed by atoms with van der Waals surface area (Å²) in [6, 6.07) is 0. The van der Waals surface area contributed by atoms with Crippen molar-refractivity contribution in [3.8, 4) is 0 Å². The fourth-order valence-electron chi connectivity index (χ4n) is 2.51. The van der Waals surface area contributed by atoms with Crippen LogP contribution in [0.4, 0.5) is 5.95 Å². The van der Waals surface area contributed by atoms with Crippen LogP contribution in [0.5, 0.6) is 0 Å². The lowest BCUT2D eigenvalue weighted by molar-refractivity contribution is -0.118. The van der Waals surface area contributed by atoms with Gasteiger partial charge in [-0.25, -0.2) is 4.98 Å². The number of aromatic amines is 1. The molecule has 10 heteroatoms. The van der Waals surface area contributed by atoms with Crippen molar-refractivity contribution >= 4 is 35.6 Å². The van der Waals surface area contributed by atoms with E-state index in [0.717, 1.165) is 0 Å². The molecule has 2 aromatic rings. The number of anilines is 1. The van der Waals surface area contributed by atoms with Crippen molar-refractivity contribution in [2.45, 2.75) is 38.7 Å². The van der Waals surface area contributed by atoms with E-state index in [2.05, 4.69) is 32.9 Å². The van der Waals surface area contributed by atoms with E-state index in [1.165, 1.54) is 6.33 Å². The van der Waals surface area contributed by atoms with Gasteiger partial charge >= 0.3 is 0 Å². The highest BCUT2D eigenvalue weighted by atomic mass is 32.1. The highest BCUT2D eigenvalue weighted by Gasteiger charge is 2.35. The molecule has 3 heterocycles. The predicted molar refractivity (Wildman–Crippen MR) is 90.0 cm³/mol. The standard InChI is InChI=1S/C14H19N5O4S/c1-6(2)12(21)17-14-16-11-10(13(22)18-14)15-5-19(11)9-3-7(20)8(4-24)23-9/h5-9,20,24H,3-4H2,1-2H3,(H2,16,17,18,21,22)/t7?,8-,9-/m1/s1. The van der Waals surface area contributed by atoms with Gasteiger partial charge in [0.2, 0.25) is 11.9 Å². The second-order valence-corrected chi connectivity index (χ2v) is 6.36. The first kappa shape index (κ1) is 16.9. The number of H-pyrrole nitrogens is 1. The Hall–Kier alpha value is -1.91. The lowest BCUT2D eigenvalue weighted by Crippen LogP contribution is -2.22. The molecule has 1 aliphatic rings. The van der Waals surface area contributed by atoms with Crippen LogP contribution in [-0.2, 0) is 9.53 Å². The maximum absolute atomic E-state index is 12.1. The fraction of sp³-hybridized carbons (Fsp3) is 0.571. The van der Waals surface area contributed by atoms with Crippen molar-refractivity contribution in [2.24, 2.45) is 5.92 Å². The van der Waals surface area contributed by atoms with Gasteiger partial charge in [0.1, 0.15) is 6.23 Å². The number of aliphatic hydroxyl groups is 1. The van der Waals surface area contributed by atoms with Crippen LogP contribution in [0.25, 0.3) is 11.2 Å². The van der Waals surface area contributed by atoms with E-state index in [1.807, 2.05) is 0 Å². The number of carbonyl (C=O) groups excluding carboxylic acids is 1. The summed E-state index contributed by atoms with van der Waals surface area (Å²) in [4.78, 5) is 34.8. The number of ether oxygens (including phenoxy) is 1. The Labute approximate surface area is 142 Å². The van der Waals surface area contributed by atoms with Crippen LogP contribution in [0.3, 0.4) is 0 Å². The summed E-state index contributed by atoms with van der Waals surface area (Å²) < 4.78 is 7.32. The van der Waals surface area contributed by atoms with E-state index < -0.39 is 24.0 Å². The number of hydrogen-bond acceptors (Lipinski definition) is 7. The minimum absolute atomic E-state index is 0.0530. The molecular formula is C14H19N5O4S. The van der Waals surface area contributed by atoms with Gasteiger partial charge in [-0.2, -0.15) is 17.6 Å². The molecule has 1 saturated heterocycles. The molecule has 0 saturated carbocycles. The Bertz CT molecular complexity index is 817. The maximum Gasteiger partial charge on any atom is 0.280 e. The largest absolute Gasteiger partial charge is 0.390 e. The molecule has 1 aliphatic heterocycles. The van der Waals surface area contributed by atoms with Gasteiger partial charge in [0, 0.05) is 18.1 Å². The molecule has 9 nitrogen and oxygen atoms in total. The number of hydrogen-bond donors (Lipinski definition) is 4. The van der Waals surface area contributed by atoms with Crippen molar-refractivity contribution in [3.63, 3.8) is 0 Å². The van der Waals surface area contributed by atoms with Crippen molar-refractivity contribution in [2.75, 3.05) is 11.1 Å². The molecule has 0 radical (unpaired) electrons. The number of amides is 1. The molecule has 0 aliphatic carbocycles. The lowest BCUT2D eigenvalue weighted by atomic mass is 10.2. The van der Waals surface area contributed by atoms with E-state index >= 15 is 0 Å². The first-order valence-electron chi connectivity index (χ1n) is 7.62. The highest BCUT2D eigenvalue weighted by Crippen LogP contribution is 2.30. The summed E-state index contributed by atoms with van der Waals surface area (Å²) in [6.07, 6.45) is 0.257. The maximum atomic E-state index is 12.1. The number of nitrogens with zero attached hydrogens (tertiary/aromatic N) is 3. The third kappa shape index (κ3) is 3.04.